The average molecular weight is 246 g/mol. The molecule has 18 heavy (non-hydrogen) atoms. The van der Waals surface area contributed by atoms with Gasteiger partial charge in [-0.15, -0.1) is 0 Å². The molecule has 0 fully saturated rings. The highest BCUT2D eigenvalue weighted by molar-refractivity contribution is 6.06. The summed E-state index contributed by atoms with van der Waals surface area (Å²) in [5.41, 5.74) is 6.57. The summed E-state index contributed by atoms with van der Waals surface area (Å²) >= 11 is 0. The summed E-state index contributed by atoms with van der Waals surface area (Å²) in [6.07, 6.45) is 1.48. The maximum atomic E-state index is 12.1. The number of benzene rings is 1. The maximum Gasteiger partial charge on any atom is 0.260 e. The number of carbonyl (C=O) groups excluding carboxylic acids is 1. The molecule has 0 bridgehead atoms. The van der Waals surface area contributed by atoms with Gasteiger partial charge in [0.05, 0.1) is 24.6 Å². The van der Waals surface area contributed by atoms with Crippen LogP contribution in [-0.2, 0) is 7.05 Å². The number of rotatable bonds is 3. The van der Waals surface area contributed by atoms with Gasteiger partial charge in [0.2, 0.25) is 0 Å². The molecule has 1 heterocycles. The zero-order valence-corrected chi connectivity index (χ0v) is 10.2. The highest BCUT2D eigenvalue weighted by Crippen LogP contribution is 2.21. The van der Waals surface area contributed by atoms with Gasteiger partial charge >= 0.3 is 0 Å². The van der Waals surface area contributed by atoms with Crippen LogP contribution in [-0.4, -0.2) is 22.8 Å². The van der Waals surface area contributed by atoms with Gasteiger partial charge in [-0.3, -0.25) is 9.48 Å². The van der Waals surface area contributed by atoms with E-state index < -0.39 is 0 Å². The number of nitrogens with two attached hydrogens (primary N) is 1. The molecule has 0 aliphatic carbocycles. The van der Waals surface area contributed by atoms with E-state index in [2.05, 4.69) is 10.4 Å². The number of aromatic nitrogens is 2. The summed E-state index contributed by atoms with van der Waals surface area (Å²) in [7, 11) is 3.22. The molecule has 0 aliphatic heterocycles. The first kappa shape index (κ1) is 12.0. The Morgan fingerprint density at radius 2 is 2.17 bits per heavy atom. The molecule has 0 saturated heterocycles. The fourth-order valence-corrected chi connectivity index (χ4v) is 1.61. The lowest BCUT2D eigenvalue weighted by atomic mass is 10.2. The van der Waals surface area contributed by atoms with Crippen molar-refractivity contribution in [2.24, 2.45) is 7.05 Å². The molecule has 3 N–H and O–H groups in total. The number of nitrogens with zero attached hydrogens (tertiary/aromatic N) is 2. The third kappa shape index (κ3) is 2.13. The van der Waals surface area contributed by atoms with Gasteiger partial charge < -0.3 is 15.8 Å². The van der Waals surface area contributed by atoms with Crippen LogP contribution in [0, 0.1) is 0 Å². The van der Waals surface area contributed by atoms with Crippen molar-refractivity contribution in [3.63, 3.8) is 0 Å². The number of hydrogen-bond acceptors (Lipinski definition) is 4. The van der Waals surface area contributed by atoms with E-state index in [1.54, 1.807) is 31.3 Å². The van der Waals surface area contributed by atoms with E-state index in [0.29, 0.717) is 22.8 Å². The molecule has 1 aromatic heterocycles. The Labute approximate surface area is 104 Å². The van der Waals surface area contributed by atoms with Crippen LogP contribution in [0.25, 0.3) is 0 Å². The van der Waals surface area contributed by atoms with Gasteiger partial charge in [-0.05, 0) is 12.1 Å². The SMILES string of the molecule is COc1ccccc1C(=O)Nc1c(N)cnn1C. The van der Waals surface area contributed by atoms with Crippen LogP contribution in [0.2, 0.25) is 0 Å². The van der Waals surface area contributed by atoms with Gasteiger partial charge in [-0.2, -0.15) is 5.10 Å². The predicted molar refractivity (Wildman–Crippen MR) is 68.6 cm³/mol. The van der Waals surface area contributed by atoms with Crippen molar-refractivity contribution in [1.29, 1.82) is 0 Å². The Hall–Kier alpha value is -2.50. The lowest BCUT2D eigenvalue weighted by Gasteiger charge is -2.09. The van der Waals surface area contributed by atoms with Crippen molar-refractivity contribution in [3.05, 3.63) is 36.0 Å². The smallest absolute Gasteiger partial charge is 0.260 e. The first-order valence-corrected chi connectivity index (χ1v) is 5.35. The van der Waals surface area contributed by atoms with E-state index >= 15 is 0 Å². The number of aryl methyl sites for hydroxylation is 1. The van der Waals surface area contributed by atoms with Crippen LogP contribution in [0.15, 0.2) is 30.5 Å². The van der Waals surface area contributed by atoms with E-state index in [-0.39, 0.29) is 5.91 Å². The minimum absolute atomic E-state index is 0.289. The first-order chi connectivity index (χ1) is 8.63. The van der Waals surface area contributed by atoms with Crippen molar-refractivity contribution >= 4 is 17.4 Å². The number of nitrogens with one attached hydrogen (secondary N) is 1. The molecule has 2 aromatic rings. The maximum absolute atomic E-state index is 12.1. The van der Waals surface area contributed by atoms with Crippen molar-refractivity contribution in [2.45, 2.75) is 0 Å². The van der Waals surface area contributed by atoms with Crippen molar-refractivity contribution in [3.8, 4) is 5.75 Å². The molecule has 0 saturated carbocycles. The summed E-state index contributed by atoms with van der Waals surface area (Å²) in [5, 5.41) is 6.66. The fraction of sp³-hybridized carbons (Fsp3) is 0.167. The minimum Gasteiger partial charge on any atom is -0.496 e. The van der Waals surface area contributed by atoms with Gasteiger partial charge in [-0.1, -0.05) is 12.1 Å². The Kier molecular flexibility index (Phi) is 3.18. The third-order valence-electron chi connectivity index (χ3n) is 2.55. The average Bonchev–Trinajstić information content (AvgIpc) is 2.70. The molecule has 6 heteroatoms. The van der Waals surface area contributed by atoms with Crippen molar-refractivity contribution in [2.75, 3.05) is 18.2 Å². The standard InChI is InChI=1S/C12H14N4O2/c1-16-11(9(13)7-14-16)15-12(17)8-5-3-4-6-10(8)18-2/h3-7H,13H2,1-2H3,(H,15,17). The molecule has 0 aliphatic rings. The molecule has 1 aromatic carbocycles. The second-order valence-corrected chi connectivity index (χ2v) is 3.73. The quantitative estimate of drug-likeness (QED) is 0.854. The van der Waals surface area contributed by atoms with Gasteiger partial charge in [0.15, 0.2) is 5.82 Å². The fourth-order valence-electron chi connectivity index (χ4n) is 1.61. The lowest BCUT2D eigenvalue weighted by Crippen LogP contribution is -2.16. The Morgan fingerprint density at radius 1 is 1.44 bits per heavy atom. The lowest BCUT2D eigenvalue weighted by molar-refractivity contribution is 0.102. The van der Waals surface area contributed by atoms with E-state index in [0.717, 1.165) is 0 Å². The molecule has 0 unspecified atom stereocenters. The molecule has 94 valence electrons. The number of hydrogen-bond donors (Lipinski definition) is 2. The molecule has 0 spiro atoms. The monoisotopic (exact) mass is 246 g/mol. The largest absolute Gasteiger partial charge is 0.496 e. The Bertz CT molecular complexity index is 558. The van der Waals surface area contributed by atoms with Crippen LogP contribution in [0.3, 0.4) is 0 Å². The van der Waals surface area contributed by atoms with E-state index in [1.807, 2.05) is 0 Å². The predicted octanol–water partition coefficient (Wildman–Crippen LogP) is 1.26. The number of ether oxygens (including phenoxy) is 1. The third-order valence-corrected chi connectivity index (χ3v) is 2.55. The Morgan fingerprint density at radius 3 is 2.78 bits per heavy atom. The van der Waals surface area contributed by atoms with Crippen LogP contribution in [0.1, 0.15) is 10.4 Å². The number of amides is 1. The van der Waals surface area contributed by atoms with E-state index in [1.165, 1.54) is 18.0 Å². The highest BCUT2D eigenvalue weighted by Gasteiger charge is 2.14. The molecule has 0 radical (unpaired) electrons. The number of methoxy groups -OCH3 is 1. The second-order valence-electron chi connectivity index (χ2n) is 3.73. The van der Waals surface area contributed by atoms with Crippen molar-refractivity contribution in [1.82, 2.24) is 9.78 Å². The molecular weight excluding hydrogens is 232 g/mol. The normalized spacial score (nSPS) is 10.1. The summed E-state index contributed by atoms with van der Waals surface area (Å²) < 4.78 is 6.63. The number of anilines is 2. The minimum atomic E-state index is -0.289. The Balaban J connectivity index is 2.28. The molecular formula is C12H14N4O2. The summed E-state index contributed by atoms with van der Waals surface area (Å²) in [6.45, 7) is 0. The van der Waals surface area contributed by atoms with Crippen LogP contribution in [0.5, 0.6) is 5.75 Å². The van der Waals surface area contributed by atoms with Gasteiger partial charge in [0.1, 0.15) is 5.75 Å². The summed E-state index contributed by atoms with van der Waals surface area (Å²) in [6, 6.07) is 6.97. The van der Waals surface area contributed by atoms with E-state index in [4.69, 9.17) is 10.5 Å². The van der Waals surface area contributed by atoms with Crippen LogP contribution < -0.4 is 15.8 Å². The molecule has 6 nitrogen and oxygen atoms in total. The molecule has 2 rings (SSSR count). The molecule has 1 amide bonds. The van der Waals surface area contributed by atoms with Crippen molar-refractivity contribution < 1.29 is 9.53 Å². The molecule has 0 atom stereocenters. The zero-order valence-electron chi connectivity index (χ0n) is 10.2. The van der Waals surface area contributed by atoms with Gasteiger partial charge in [-0.25, -0.2) is 0 Å². The second kappa shape index (κ2) is 4.79. The topological polar surface area (TPSA) is 82.2 Å². The highest BCUT2D eigenvalue weighted by atomic mass is 16.5. The first-order valence-electron chi connectivity index (χ1n) is 5.35. The number of carbonyl (C=O) groups is 1. The number of para-hydroxylation sites is 1. The van der Waals surface area contributed by atoms with Gasteiger partial charge in [0.25, 0.3) is 5.91 Å². The summed E-state index contributed by atoms with van der Waals surface area (Å²) in [5.74, 6) is 0.685. The summed E-state index contributed by atoms with van der Waals surface area (Å²) in [4.78, 5) is 12.1. The van der Waals surface area contributed by atoms with Crippen LogP contribution >= 0.6 is 0 Å². The van der Waals surface area contributed by atoms with Gasteiger partial charge in [0, 0.05) is 7.05 Å². The van der Waals surface area contributed by atoms with E-state index in [9.17, 15) is 4.79 Å². The zero-order chi connectivity index (χ0) is 13.1. The number of nitrogen functional groups attached to an aromatic ring is 1. The van der Waals surface area contributed by atoms with Crippen LogP contribution in [0.4, 0.5) is 11.5 Å².